The van der Waals surface area contributed by atoms with Crippen LogP contribution in [0.25, 0.3) is 0 Å². The van der Waals surface area contributed by atoms with Gasteiger partial charge in [0.25, 0.3) is 5.69 Å². The maximum absolute atomic E-state index is 12.2. The molecule has 0 saturated heterocycles. The van der Waals surface area contributed by atoms with Crippen LogP contribution in [0, 0.1) is 24.0 Å². The smallest absolute Gasteiger partial charge is 0.273 e. The second-order valence-electron chi connectivity index (χ2n) is 4.80. The molecule has 0 fully saturated rings. The predicted octanol–water partition coefficient (Wildman–Crippen LogP) is 1.15. The lowest BCUT2D eigenvalue weighted by atomic mass is 10.1. The Morgan fingerprint density at radius 3 is 2.39 bits per heavy atom. The number of sulfonamides is 1. The van der Waals surface area contributed by atoms with Crippen LogP contribution in [0.1, 0.15) is 11.1 Å². The Morgan fingerprint density at radius 1 is 1.17 bits per heavy atom. The van der Waals surface area contributed by atoms with Crippen LogP contribution in [0.3, 0.4) is 0 Å². The molecule has 1 aromatic carbocycles. The predicted molar refractivity (Wildman–Crippen MR) is 89.8 cm³/mol. The van der Waals surface area contributed by atoms with Crippen LogP contribution in [0.2, 0.25) is 0 Å². The third kappa shape index (κ3) is 6.40. The van der Waals surface area contributed by atoms with Gasteiger partial charge in [-0.25, -0.2) is 13.1 Å². The van der Waals surface area contributed by atoms with E-state index < -0.39 is 14.9 Å². The van der Waals surface area contributed by atoms with Crippen molar-refractivity contribution in [2.75, 3.05) is 33.4 Å². The number of nitro groups is 1. The molecule has 0 spiro atoms. The van der Waals surface area contributed by atoms with Gasteiger partial charge in [0.1, 0.15) is 0 Å². The fourth-order valence-corrected chi connectivity index (χ4v) is 3.23. The van der Waals surface area contributed by atoms with Crippen molar-refractivity contribution >= 4 is 28.1 Å². The van der Waals surface area contributed by atoms with Crippen LogP contribution in [-0.4, -0.2) is 46.7 Å². The Labute approximate surface area is 142 Å². The summed E-state index contributed by atoms with van der Waals surface area (Å²) in [6.45, 7) is 4.98. The molecule has 132 valence electrons. The average Bonchev–Trinajstić information content (AvgIpc) is 2.41. The molecule has 0 saturated carbocycles. The molecule has 10 heteroatoms. The molecule has 0 atom stereocenters. The Bertz CT molecular complexity index is 637. The zero-order valence-electron chi connectivity index (χ0n) is 13.3. The molecule has 2 N–H and O–H groups in total. The number of hydrogen-bond acceptors (Lipinski definition) is 6. The fourth-order valence-electron chi connectivity index (χ4n) is 1.96. The first kappa shape index (κ1) is 21.7. The highest BCUT2D eigenvalue weighted by molar-refractivity contribution is 7.89. The average molecular weight is 368 g/mol. The zero-order chi connectivity index (χ0) is 16.8. The maximum atomic E-state index is 12.2. The summed E-state index contributed by atoms with van der Waals surface area (Å²) < 4.78 is 31.8. The summed E-state index contributed by atoms with van der Waals surface area (Å²) >= 11 is 0. The fraction of sp³-hybridized carbons (Fsp3) is 0.538. The van der Waals surface area contributed by atoms with Crippen molar-refractivity contribution in [1.82, 2.24) is 10.0 Å². The topological polar surface area (TPSA) is 111 Å². The highest BCUT2D eigenvalue weighted by Gasteiger charge is 2.22. The van der Waals surface area contributed by atoms with Gasteiger partial charge in [0.05, 0.1) is 16.4 Å². The number of nitro benzene ring substituents is 1. The van der Waals surface area contributed by atoms with Crippen LogP contribution >= 0.6 is 12.4 Å². The first-order valence-electron chi connectivity index (χ1n) is 6.74. The van der Waals surface area contributed by atoms with Crippen LogP contribution < -0.4 is 10.0 Å². The molecule has 0 amide bonds. The van der Waals surface area contributed by atoms with Crippen LogP contribution in [0.5, 0.6) is 0 Å². The molecule has 0 aliphatic rings. The van der Waals surface area contributed by atoms with E-state index in [1.807, 2.05) is 0 Å². The highest BCUT2D eigenvalue weighted by atomic mass is 35.5. The highest BCUT2D eigenvalue weighted by Crippen LogP contribution is 2.25. The Morgan fingerprint density at radius 2 is 1.83 bits per heavy atom. The summed E-state index contributed by atoms with van der Waals surface area (Å²) in [7, 11) is -2.20. The van der Waals surface area contributed by atoms with Crippen LogP contribution in [0.4, 0.5) is 5.69 Å². The molecular formula is C13H22ClN3O5S. The lowest BCUT2D eigenvalue weighted by molar-refractivity contribution is -0.385. The third-order valence-electron chi connectivity index (χ3n) is 3.06. The van der Waals surface area contributed by atoms with Gasteiger partial charge in [0, 0.05) is 38.4 Å². The first-order valence-corrected chi connectivity index (χ1v) is 8.23. The number of ether oxygens (including phenoxy) is 1. The number of nitrogens with one attached hydrogen (secondary N) is 2. The number of halogens is 1. The number of aryl methyl sites for hydroxylation is 2. The van der Waals surface area contributed by atoms with E-state index in [0.717, 1.165) is 6.07 Å². The van der Waals surface area contributed by atoms with E-state index in [-0.39, 0.29) is 29.5 Å². The van der Waals surface area contributed by atoms with Crippen molar-refractivity contribution in [3.05, 3.63) is 33.4 Å². The van der Waals surface area contributed by atoms with Crippen LogP contribution in [0.15, 0.2) is 17.0 Å². The van der Waals surface area contributed by atoms with E-state index >= 15 is 0 Å². The van der Waals surface area contributed by atoms with E-state index in [0.29, 0.717) is 30.8 Å². The molecule has 8 nitrogen and oxygen atoms in total. The zero-order valence-corrected chi connectivity index (χ0v) is 14.9. The minimum Gasteiger partial charge on any atom is -0.383 e. The molecule has 0 aromatic heterocycles. The molecule has 1 aromatic rings. The van der Waals surface area contributed by atoms with Crippen LogP contribution in [-0.2, 0) is 14.8 Å². The first-order chi connectivity index (χ1) is 10.3. The standard InChI is InChI=1S/C13H21N3O5S.ClH/c1-10-8-11(2)13(9-12(10)16(17)18)22(19,20)15-5-4-14-6-7-21-3;/h8-9,14-15H,4-7H2,1-3H3;1H. The SMILES string of the molecule is COCCNCCNS(=O)(=O)c1cc([N+](=O)[O-])c(C)cc1C.Cl. The van der Waals surface area contributed by atoms with Crippen molar-refractivity contribution in [3.63, 3.8) is 0 Å². The minimum atomic E-state index is -3.78. The number of benzene rings is 1. The van der Waals surface area contributed by atoms with Crippen molar-refractivity contribution in [1.29, 1.82) is 0 Å². The Kier molecular flexibility index (Phi) is 9.25. The van der Waals surface area contributed by atoms with E-state index in [4.69, 9.17) is 4.74 Å². The Balaban J connectivity index is 0.00000484. The van der Waals surface area contributed by atoms with Gasteiger partial charge in [-0.2, -0.15) is 0 Å². The van der Waals surface area contributed by atoms with Crippen molar-refractivity contribution < 1.29 is 18.1 Å². The lowest BCUT2D eigenvalue weighted by Gasteiger charge is -2.11. The third-order valence-corrected chi connectivity index (χ3v) is 4.66. The van der Waals surface area contributed by atoms with Gasteiger partial charge >= 0.3 is 0 Å². The van der Waals surface area contributed by atoms with Crippen molar-refractivity contribution in [2.24, 2.45) is 0 Å². The van der Waals surface area contributed by atoms with Crippen molar-refractivity contribution in [3.8, 4) is 0 Å². The molecule has 0 unspecified atom stereocenters. The summed E-state index contributed by atoms with van der Waals surface area (Å²) in [6.07, 6.45) is 0. The number of rotatable bonds is 9. The number of nitrogens with zero attached hydrogens (tertiary/aromatic N) is 1. The molecular weight excluding hydrogens is 346 g/mol. The second kappa shape index (κ2) is 9.78. The number of methoxy groups -OCH3 is 1. The van der Waals surface area contributed by atoms with Gasteiger partial charge in [-0.15, -0.1) is 12.4 Å². The normalized spacial score (nSPS) is 11.1. The summed E-state index contributed by atoms with van der Waals surface area (Å²) in [5, 5.41) is 13.9. The van der Waals surface area contributed by atoms with Gasteiger partial charge in [-0.3, -0.25) is 10.1 Å². The van der Waals surface area contributed by atoms with E-state index in [2.05, 4.69) is 10.0 Å². The van der Waals surface area contributed by atoms with Gasteiger partial charge in [-0.05, 0) is 25.5 Å². The monoisotopic (exact) mass is 367 g/mol. The summed E-state index contributed by atoms with van der Waals surface area (Å²) in [6, 6.07) is 2.61. The van der Waals surface area contributed by atoms with Gasteiger partial charge in [0.15, 0.2) is 0 Å². The molecule has 0 aliphatic heterocycles. The van der Waals surface area contributed by atoms with Gasteiger partial charge in [-0.1, -0.05) is 0 Å². The van der Waals surface area contributed by atoms with Gasteiger partial charge < -0.3 is 10.1 Å². The molecule has 1 rings (SSSR count). The van der Waals surface area contributed by atoms with Gasteiger partial charge in [0.2, 0.25) is 10.0 Å². The summed E-state index contributed by atoms with van der Waals surface area (Å²) in [5.74, 6) is 0. The number of hydrogen-bond donors (Lipinski definition) is 2. The van der Waals surface area contributed by atoms with E-state index in [1.165, 1.54) is 6.07 Å². The van der Waals surface area contributed by atoms with E-state index in [9.17, 15) is 18.5 Å². The lowest BCUT2D eigenvalue weighted by Crippen LogP contribution is -2.33. The molecule has 23 heavy (non-hydrogen) atoms. The molecule has 0 heterocycles. The molecule has 0 radical (unpaired) electrons. The largest absolute Gasteiger partial charge is 0.383 e. The quantitative estimate of drug-likeness (QED) is 0.385. The molecule has 0 aliphatic carbocycles. The van der Waals surface area contributed by atoms with E-state index in [1.54, 1.807) is 21.0 Å². The summed E-state index contributed by atoms with van der Waals surface area (Å²) in [5.41, 5.74) is 0.704. The Hall–Kier alpha value is -1.26. The minimum absolute atomic E-state index is 0. The van der Waals surface area contributed by atoms with Crippen molar-refractivity contribution in [2.45, 2.75) is 18.7 Å². The second-order valence-corrected chi connectivity index (χ2v) is 6.54. The maximum Gasteiger partial charge on any atom is 0.273 e. The summed E-state index contributed by atoms with van der Waals surface area (Å²) in [4.78, 5) is 10.3. The molecule has 0 bridgehead atoms.